The number of pyridine rings is 1. The van der Waals surface area contributed by atoms with Crippen LogP contribution in [0.3, 0.4) is 0 Å². The average Bonchev–Trinajstić information content (AvgIpc) is 3.10. The monoisotopic (exact) mass is 332 g/mol. The Morgan fingerprint density at radius 2 is 2.09 bits per heavy atom. The maximum absolute atomic E-state index is 12.1. The second-order valence-electron chi connectivity index (χ2n) is 5.34. The molecule has 0 atom stereocenters. The van der Waals surface area contributed by atoms with Crippen LogP contribution in [0.5, 0.6) is 0 Å². The van der Waals surface area contributed by atoms with E-state index < -0.39 is 0 Å². The number of ether oxygens (including phenoxy) is 1. The first-order valence-corrected chi connectivity index (χ1v) is 8.65. The van der Waals surface area contributed by atoms with Gasteiger partial charge in [0.2, 0.25) is 0 Å². The second kappa shape index (κ2) is 8.14. The molecule has 0 aromatic carbocycles. The van der Waals surface area contributed by atoms with Crippen LogP contribution in [0.25, 0.3) is 10.6 Å². The van der Waals surface area contributed by atoms with E-state index in [0.29, 0.717) is 12.2 Å². The molecule has 6 nitrogen and oxygen atoms in total. The maximum Gasteiger partial charge on any atom is 0.270 e. The highest BCUT2D eigenvalue weighted by atomic mass is 32.1. The van der Waals surface area contributed by atoms with Crippen LogP contribution in [0, 0.1) is 0 Å². The third kappa shape index (κ3) is 4.57. The minimum absolute atomic E-state index is 0.108. The molecule has 0 bridgehead atoms. The van der Waals surface area contributed by atoms with Gasteiger partial charge in [-0.15, -0.1) is 11.3 Å². The highest BCUT2D eigenvalue weighted by molar-refractivity contribution is 7.13. The zero-order valence-corrected chi connectivity index (χ0v) is 13.7. The largest absolute Gasteiger partial charge is 0.379 e. The number of nitrogens with one attached hydrogen (secondary N) is 1. The molecule has 122 valence electrons. The molecule has 2 aromatic heterocycles. The first kappa shape index (κ1) is 16.0. The molecule has 23 heavy (non-hydrogen) atoms. The predicted octanol–water partition coefficient (Wildman–Crippen LogP) is 1.66. The van der Waals surface area contributed by atoms with Crippen LogP contribution in [0.4, 0.5) is 0 Å². The molecule has 0 radical (unpaired) electrons. The van der Waals surface area contributed by atoms with Crippen LogP contribution in [-0.4, -0.2) is 60.2 Å². The number of aromatic nitrogens is 2. The third-order valence-corrected chi connectivity index (χ3v) is 4.60. The van der Waals surface area contributed by atoms with Crippen molar-refractivity contribution < 1.29 is 9.53 Å². The molecule has 3 rings (SSSR count). The fraction of sp³-hybridized carbons (Fsp3) is 0.438. The van der Waals surface area contributed by atoms with Gasteiger partial charge in [0, 0.05) is 43.0 Å². The van der Waals surface area contributed by atoms with E-state index in [1.54, 1.807) is 17.8 Å². The van der Waals surface area contributed by atoms with Crippen molar-refractivity contribution in [1.29, 1.82) is 0 Å². The molecule has 1 fully saturated rings. The highest BCUT2D eigenvalue weighted by Crippen LogP contribution is 2.22. The number of thiazole rings is 1. The summed E-state index contributed by atoms with van der Waals surface area (Å²) in [7, 11) is 0. The average molecular weight is 332 g/mol. The van der Waals surface area contributed by atoms with Crippen molar-refractivity contribution in [2.75, 3.05) is 39.4 Å². The maximum atomic E-state index is 12.1. The number of hydrogen-bond donors (Lipinski definition) is 1. The summed E-state index contributed by atoms with van der Waals surface area (Å²) >= 11 is 1.47. The number of amides is 1. The summed E-state index contributed by atoms with van der Waals surface area (Å²) in [5.74, 6) is -0.108. The van der Waals surface area contributed by atoms with E-state index in [4.69, 9.17) is 4.74 Å². The standard InChI is InChI=1S/C16H20N4O2S/c21-15(18-4-1-7-20-8-10-22-11-9-20)14-12-23-16(19-14)13-2-5-17-6-3-13/h2-3,5-6,12H,1,4,7-11H2,(H,18,21). The smallest absolute Gasteiger partial charge is 0.270 e. The Labute approximate surface area is 139 Å². The Balaban J connectivity index is 1.44. The second-order valence-corrected chi connectivity index (χ2v) is 6.20. The molecule has 1 amide bonds. The fourth-order valence-corrected chi connectivity index (χ4v) is 3.23. The molecule has 7 heteroatoms. The summed E-state index contributed by atoms with van der Waals surface area (Å²) in [5, 5.41) is 5.58. The predicted molar refractivity (Wildman–Crippen MR) is 89.6 cm³/mol. The lowest BCUT2D eigenvalue weighted by molar-refractivity contribution is 0.0374. The summed E-state index contributed by atoms with van der Waals surface area (Å²) in [6.45, 7) is 5.23. The van der Waals surface area contributed by atoms with Crippen molar-refractivity contribution >= 4 is 17.2 Å². The van der Waals surface area contributed by atoms with Gasteiger partial charge in [-0.05, 0) is 25.1 Å². The van der Waals surface area contributed by atoms with Gasteiger partial charge < -0.3 is 10.1 Å². The zero-order chi connectivity index (χ0) is 15.9. The van der Waals surface area contributed by atoms with Gasteiger partial charge in [-0.25, -0.2) is 4.98 Å². The van der Waals surface area contributed by atoms with E-state index >= 15 is 0 Å². The van der Waals surface area contributed by atoms with Gasteiger partial charge in [0.15, 0.2) is 0 Å². The summed E-state index contributed by atoms with van der Waals surface area (Å²) in [4.78, 5) is 22.9. The Morgan fingerprint density at radius 3 is 2.87 bits per heavy atom. The summed E-state index contributed by atoms with van der Waals surface area (Å²) < 4.78 is 5.32. The van der Waals surface area contributed by atoms with Crippen LogP contribution >= 0.6 is 11.3 Å². The van der Waals surface area contributed by atoms with E-state index in [0.717, 1.165) is 49.8 Å². The number of morpholine rings is 1. The molecule has 0 spiro atoms. The molecule has 3 heterocycles. The number of carbonyl (C=O) groups is 1. The Hall–Kier alpha value is -1.83. The van der Waals surface area contributed by atoms with Gasteiger partial charge in [0.1, 0.15) is 10.7 Å². The van der Waals surface area contributed by atoms with Crippen molar-refractivity contribution in [2.24, 2.45) is 0 Å². The van der Waals surface area contributed by atoms with Gasteiger partial charge in [-0.3, -0.25) is 14.7 Å². The van der Waals surface area contributed by atoms with Crippen molar-refractivity contribution in [3.63, 3.8) is 0 Å². The van der Waals surface area contributed by atoms with Crippen LogP contribution < -0.4 is 5.32 Å². The first-order chi connectivity index (χ1) is 11.3. The summed E-state index contributed by atoms with van der Waals surface area (Å²) in [6, 6.07) is 3.78. The Morgan fingerprint density at radius 1 is 1.30 bits per heavy atom. The molecule has 2 aromatic rings. The SMILES string of the molecule is O=C(NCCCN1CCOCC1)c1csc(-c2ccncc2)n1. The molecule has 1 saturated heterocycles. The van der Waals surface area contributed by atoms with Crippen LogP contribution in [0.2, 0.25) is 0 Å². The van der Waals surface area contributed by atoms with Crippen LogP contribution in [0.1, 0.15) is 16.9 Å². The minimum atomic E-state index is -0.108. The van der Waals surface area contributed by atoms with E-state index in [9.17, 15) is 4.79 Å². The first-order valence-electron chi connectivity index (χ1n) is 7.77. The molecule has 1 aliphatic heterocycles. The highest BCUT2D eigenvalue weighted by Gasteiger charge is 2.12. The van der Waals surface area contributed by atoms with Crippen molar-refractivity contribution in [3.05, 3.63) is 35.6 Å². The lowest BCUT2D eigenvalue weighted by Gasteiger charge is -2.26. The van der Waals surface area contributed by atoms with Crippen LogP contribution in [-0.2, 0) is 4.74 Å². The summed E-state index contributed by atoms with van der Waals surface area (Å²) in [5.41, 5.74) is 1.46. The fourth-order valence-electron chi connectivity index (χ4n) is 2.43. The van der Waals surface area contributed by atoms with Crippen molar-refractivity contribution in [3.8, 4) is 10.6 Å². The van der Waals surface area contributed by atoms with Crippen molar-refractivity contribution in [1.82, 2.24) is 20.2 Å². The Kier molecular flexibility index (Phi) is 5.68. The molecule has 1 aliphatic rings. The number of rotatable bonds is 6. The lowest BCUT2D eigenvalue weighted by atomic mass is 10.3. The molecule has 0 saturated carbocycles. The van der Waals surface area contributed by atoms with E-state index in [-0.39, 0.29) is 5.91 Å². The molecule has 1 N–H and O–H groups in total. The van der Waals surface area contributed by atoms with E-state index in [1.165, 1.54) is 11.3 Å². The molecule has 0 aliphatic carbocycles. The quantitative estimate of drug-likeness (QED) is 0.815. The topological polar surface area (TPSA) is 67.4 Å². The zero-order valence-electron chi connectivity index (χ0n) is 12.9. The van der Waals surface area contributed by atoms with Gasteiger partial charge >= 0.3 is 0 Å². The van der Waals surface area contributed by atoms with Crippen molar-refractivity contribution in [2.45, 2.75) is 6.42 Å². The number of carbonyl (C=O) groups excluding carboxylic acids is 1. The number of nitrogens with zero attached hydrogens (tertiary/aromatic N) is 3. The minimum Gasteiger partial charge on any atom is -0.379 e. The Bertz CT molecular complexity index is 626. The van der Waals surface area contributed by atoms with Gasteiger partial charge in [-0.2, -0.15) is 0 Å². The van der Waals surface area contributed by atoms with Gasteiger partial charge in [0.05, 0.1) is 13.2 Å². The third-order valence-electron chi connectivity index (χ3n) is 3.70. The van der Waals surface area contributed by atoms with Crippen LogP contribution in [0.15, 0.2) is 29.9 Å². The lowest BCUT2D eigenvalue weighted by Crippen LogP contribution is -2.38. The van der Waals surface area contributed by atoms with Gasteiger partial charge in [-0.1, -0.05) is 0 Å². The summed E-state index contributed by atoms with van der Waals surface area (Å²) in [6.07, 6.45) is 4.39. The normalized spacial score (nSPS) is 15.5. The molecular formula is C16H20N4O2S. The number of hydrogen-bond acceptors (Lipinski definition) is 6. The van der Waals surface area contributed by atoms with E-state index in [1.807, 2.05) is 12.1 Å². The molecular weight excluding hydrogens is 312 g/mol. The van der Waals surface area contributed by atoms with Gasteiger partial charge in [0.25, 0.3) is 5.91 Å². The molecule has 0 unspecified atom stereocenters. The van der Waals surface area contributed by atoms with E-state index in [2.05, 4.69) is 20.2 Å².